The number of pyridine rings is 1. The molecular formula is C21H30N2O5. The van der Waals surface area contributed by atoms with E-state index in [1.165, 1.54) is 31.4 Å². The predicted octanol–water partition coefficient (Wildman–Crippen LogP) is 5.35. The predicted molar refractivity (Wildman–Crippen MR) is 110 cm³/mol. The summed E-state index contributed by atoms with van der Waals surface area (Å²) in [5.41, 5.74) is -0.133. The highest BCUT2D eigenvalue weighted by Crippen LogP contribution is 2.33. The van der Waals surface area contributed by atoms with Gasteiger partial charge in [-0.15, -0.1) is 0 Å². The minimum Gasteiger partial charge on any atom is -0.489 e. The van der Waals surface area contributed by atoms with Crippen LogP contribution in [0, 0.1) is 10.1 Å². The molecule has 1 N–H and O–H groups in total. The molecule has 7 nitrogen and oxygen atoms in total. The van der Waals surface area contributed by atoms with E-state index in [1.54, 1.807) is 6.07 Å². The minimum absolute atomic E-state index is 0.0802. The van der Waals surface area contributed by atoms with E-state index in [0.29, 0.717) is 29.9 Å². The standard InChI is InChI=1S/C21H30N2O5/c1-3-5-7-8-9-10-14-28-20-19(27-13-6-4-2)17-12-11-16(23(25)26)15-18(17)22-21(20)24/h11-12,15H,3-10,13-14H2,1-2H3,(H,22,24). The van der Waals surface area contributed by atoms with Crippen LogP contribution >= 0.6 is 0 Å². The molecule has 0 saturated carbocycles. The number of rotatable bonds is 13. The lowest BCUT2D eigenvalue weighted by Gasteiger charge is -2.14. The van der Waals surface area contributed by atoms with Gasteiger partial charge in [-0.25, -0.2) is 0 Å². The second-order valence-corrected chi connectivity index (χ2v) is 6.92. The molecule has 2 aromatic rings. The number of aromatic nitrogens is 1. The first-order valence-corrected chi connectivity index (χ1v) is 10.2. The number of hydrogen-bond donors (Lipinski definition) is 1. The lowest BCUT2D eigenvalue weighted by molar-refractivity contribution is -0.384. The number of aromatic amines is 1. The molecule has 0 aliphatic carbocycles. The van der Waals surface area contributed by atoms with Crippen LogP contribution < -0.4 is 15.0 Å². The van der Waals surface area contributed by atoms with Gasteiger partial charge in [0.15, 0.2) is 5.75 Å². The van der Waals surface area contributed by atoms with Gasteiger partial charge in [0, 0.05) is 17.5 Å². The fourth-order valence-corrected chi connectivity index (χ4v) is 3.00. The van der Waals surface area contributed by atoms with Crippen molar-refractivity contribution in [1.82, 2.24) is 4.98 Å². The maximum absolute atomic E-state index is 12.5. The van der Waals surface area contributed by atoms with Crippen molar-refractivity contribution in [1.29, 1.82) is 0 Å². The Morgan fingerprint density at radius 1 is 0.929 bits per heavy atom. The van der Waals surface area contributed by atoms with Gasteiger partial charge in [0.05, 0.1) is 23.7 Å². The SMILES string of the molecule is CCCCCCCCOc1c(OCCCC)c2ccc([N+](=O)[O-])cc2[nH]c1=O. The number of nitro benzene ring substituents is 1. The van der Waals surface area contributed by atoms with E-state index in [9.17, 15) is 14.9 Å². The number of nitrogens with one attached hydrogen (secondary N) is 1. The summed E-state index contributed by atoms with van der Waals surface area (Å²) < 4.78 is 11.7. The molecule has 1 heterocycles. The quantitative estimate of drug-likeness (QED) is 0.282. The van der Waals surface area contributed by atoms with Crippen molar-refractivity contribution in [3.8, 4) is 11.5 Å². The fourth-order valence-electron chi connectivity index (χ4n) is 3.00. The second-order valence-electron chi connectivity index (χ2n) is 6.92. The molecule has 154 valence electrons. The molecule has 0 fully saturated rings. The molecule has 0 spiro atoms. The van der Waals surface area contributed by atoms with E-state index in [4.69, 9.17) is 9.47 Å². The number of benzene rings is 1. The molecule has 0 radical (unpaired) electrons. The van der Waals surface area contributed by atoms with E-state index in [0.717, 1.165) is 32.1 Å². The van der Waals surface area contributed by atoms with Gasteiger partial charge in [0.1, 0.15) is 0 Å². The number of fused-ring (bicyclic) bond motifs is 1. The Morgan fingerprint density at radius 3 is 2.29 bits per heavy atom. The molecule has 1 aromatic carbocycles. The van der Waals surface area contributed by atoms with Crippen molar-refractivity contribution in [2.75, 3.05) is 13.2 Å². The monoisotopic (exact) mass is 390 g/mol. The van der Waals surface area contributed by atoms with Crippen LogP contribution in [0.15, 0.2) is 23.0 Å². The van der Waals surface area contributed by atoms with Crippen molar-refractivity contribution in [3.63, 3.8) is 0 Å². The van der Waals surface area contributed by atoms with E-state index >= 15 is 0 Å². The zero-order chi connectivity index (χ0) is 20.4. The first-order chi connectivity index (χ1) is 13.6. The Hall–Kier alpha value is -2.57. The van der Waals surface area contributed by atoms with Crippen LogP contribution in [0.25, 0.3) is 10.9 Å². The minimum atomic E-state index is -0.488. The molecule has 0 unspecified atom stereocenters. The largest absolute Gasteiger partial charge is 0.489 e. The zero-order valence-corrected chi connectivity index (χ0v) is 16.8. The topological polar surface area (TPSA) is 94.5 Å². The van der Waals surface area contributed by atoms with Gasteiger partial charge in [-0.2, -0.15) is 0 Å². The Morgan fingerprint density at radius 2 is 1.57 bits per heavy atom. The molecule has 7 heteroatoms. The average Bonchev–Trinajstić information content (AvgIpc) is 2.68. The summed E-state index contributed by atoms with van der Waals surface area (Å²) in [6, 6.07) is 4.36. The van der Waals surface area contributed by atoms with Gasteiger partial charge in [0.25, 0.3) is 11.2 Å². The van der Waals surface area contributed by atoms with Crippen molar-refractivity contribution >= 4 is 16.6 Å². The Kier molecular flexibility index (Phi) is 8.78. The molecule has 2 rings (SSSR count). The molecule has 28 heavy (non-hydrogen) atoms. The van der Waals surface area contributed by atoms with Gasteiger partial charge < -0.3 is 14.5 Å². The molecular weight excluding hydrogens is 360 g/mol. The first kappa shape index (κ1) is 21.7. The number of unbranched alkanes of at least 4 members (excludes halogenated alkanes) is 6. The summed E-state index contributed by atoms with van der Waals surface area (Å²) >= 11 is 0. The molecule has 0 aliphatic heterocycles. The van der Waals surface area contributed by atoms with E-state index in [2.05, 4.69) is 18.8 Å². The van der Waals surface area contributed by atoms with Crippen molar-refractivity contribution < 1.29 is 14.4 Å². The molecule has 0 amide bonds. The summed E-state index contributed by atoms with van der Waals surface area (Å²) in [5, 5.41) is 11.6. The van der Waals surface area contributed by atoms with Crippen LogP contribution in [0.3, 0.4) is 0 Å². The Labute approximate surface area is 165 Å². The number of non-ortho nitro benzene ring substituents is 1. The van der Waals surface area contributed by atoms with Crippen LogP contribution in [-0.2, 0) is 0 Å². The van der Waals surface area contributed by atoms with Crippen LogP contribution in [-0.4, -0.2) is 23.1 Å². The van der Waals surface area contributed by atoms with Gasteiger partial charge in [0.2, 0.25) is 5.75 Å². The summed E-state index contributed by atoms with van der Waals surface area (Å²) in [7, 11) is 0. The van der Waals surface area contributed by atoms with Gasteiger partial charge in [-0.1, -0.05) is 52.4 Å². The number of nitro groups is 1. The highest BCUT2D eigenvalue weighted by Gasteiger charge is 2.18. The lowest BCUT2D eigenvalue weighted by Crippen LogP contribution is -2.15. The van der Waals surface area contributed by atoms with Crippen LogP contribution in [0.5, 0.6) is 11.5 Å². The second kappa shape index (κ2) is 11.3. The number of hydrogen-bond acceptors (Lipinski definition) is 5. The van der Waals surface area contributed by atoms with Crippen LogP contribution in [0.2, 0.25) is 0 Å². The third-order valence-corrected chi connectivity index (χ3v) is 4.61. The number of nitrogens with zero attached hydrogens (tertiary/aromatic N) is 1. The summed E-state index contributed by atoms with van der Waals surface area (Å²) in [6.07, 6.45) is 8.57. The van der Waals surface area contributed by atoms with Crippen LogP contribution in [0.1, 0.15) is 65.2 Å². The lowest BCUT2D eigenvalue weighted by atomic mass is 10.1. The third kappa shape index (κ3) is 5.97. The number of ether oxygens (including phenoxy) is 2. The normalized spacial score (nSPS) is 10.9. The maximum atomic E-state index is 12.5. The zero-order valence-electron chi connectivity index (χ0n) is 16.8. The van der Waals surface area contributed by atoms with Crippen LogP contribution in [0.4, 0.5) is 5.69 Å². The summed E-state index contributed by atoms with van der Waals surface area (Å²) in [6.45, 7) is 5.14. The maximum Gasteiger partial charge on any atom is 0.294 e. The average molecular weight is 390 g/mol. The molecule has 0 saturated heterocycles. The highest BCUT2D eigenvalue weighted by atomic mass is 16.6. The van der Waals surface area contributed by atoms with E-state index in [1.807, 2.05) is 0 Å². The smallest absolute Gasteiger partial charge is 0.294 e. The van der Waals surface area contributed by atoms with Gasteiger partial charge in [-0.3, -0.25) is 14.9 Å². The Balaban J connectivity index is 2.20. The summed E-state index contributed by atoms with van der Waals surface area (Å²) in [5.74, 6) is 0.527. The van der Waals surface area contributed by atoms with Crippen molar-refractivity contribution in [3.05, 3.63) is 38.7 Å². The number of H-pyrrole nitrogens is 1. The van der Waals surface area contributed by atoms with Crippen molar-refractivity contribution in [2.45, 2.75) is 65.2 Å². The Bertz CT molecular complexity index is 831. The van der Waals surface area contributed by atoms with E-state index in [-0.39, 0.29) is 11.4 Å². The molecule has 0 aliphatic rings. The summed E-state index contributed by atoms with van der Waals surface area (Å²) in [4.78, 5) is 25.8. The molecule has 0 atom stereocenters. The van der Waals surface area contributed by atoms with Gasteiger partial charge in [-0.05, 0) is 18.9 Å². The molecule has 0 bridgehead atoms. The molecule has 1 aromatic heterocycles. The van der Waals surface area contributed by atoms with E-state index < -0.39 is 10.5 Å². The van der Waals surface area contributed by atoms with Gasteiger partial charge >= 0.3 is 0 Å². The first-order valence-electron chi connectivity index (χ1n) is 10.2. The highest BCUT2D eigenvalue weighted by molar-refractivity contribution is 5.88. The van der Waals surface area contributed by atoms with Crippen molar-refractivity contribution in [2.24, 2.45) is 0 Å². The third-order valence-electron chi connectivity index (χ3n) is 4.61. The fraction of sp³-hybridized carbons (Fsp3) is 0.571.